The molecule has 1 aromatic heterocycles. The van der Waals surface area contributed by atoms with Gasteiger partial charge in [0, 0.05) is 30.9 Å². The Bertz CT molecular complexity index is 649. The standard InChI is InChI=1S/C20H27ClN2O/c1-4-12-23(19(24)20(2,3)16-21)15-18-11-8-13-22(18)14-17-9-6-5-7-10-17/h5-11,13H,4,12,14-16H2,1-3H3. The molecule has 24 heavy (non-hydrogen) atoms. The zero-order valence-electron chi connectivity index (χ0n) is 14.8. The molecule has 0 fully saturated rings. The molecule has 4 heteroatoms. The van der Waals surface area contributed by atoms with E-state index in [9.17, 15) is 4.79 Å². The molecule has 2 rings (SSSR count). The molecule has 1 heterocycles. The van der Waals surface area contributed by atoms with Crippen LogP contribution in [0.4, 0.5) is 0 Å². The summed E-state index contributed by atoms with van der Waals surface area (Å²) in [6.45, 7) is 8.09. The number of carbonyl (C=O) groups excluding carboxylic acids is 1. The van der Waals surface area contributed by atoms with E-state index in [1.54, 1.807) is 0 Å². The van der Waals surface area contributed by atoms with Crippen molar-refractivity contribution in [3.63, 3.8) is 0 Å². The highest BCUT2D eigenvalue weighted by Gasteiger charge is 2.31. The van der Waals surface area contributed by atoms with Crippen LogP contribution in [-0.4, -0.2) is 27.8 Å². The van der Waals surface area contributed by atoms with Crippen molar-refractivity contribution in [1.82, 2.24) is 9.47 Å². The van der Waals surface area contributed by atoms with E-state index in [1.165, 1.54) is 5.56 Å². The molecule has 130 valence electrons. The fourth-order valence-corrected chi connectivity index (χ4v) is 2.84. The summed E-state index contributed by atoms with van der Waals surface area (Å²) in [7, 11) is 0. The molecule has 1 aromatic carbocycles. The van der Waals surface area contributed by atoms with Gasteiger partial charge in [0.1, 0.15) is 0 Å². The number of nitrogens with zero attached hydrogens (tertiary/aromatic N) is 2. The average molecular weight is 347 g/mol. The lowest BCUT2D eigenvalue weighted by Crippen LogP contribution is -2.42. The molecule has 0 aliphatic heterocycles. The number of carbonyl (C=O) groups is 1. The van der Waals surface area contributed by atoms with Gasteiger partial charge < -0.3 is 9.47 Å². The third kappa shape index (κ3) is 4.64. The number of hydrogen-bond acceptors (Lipinski definition) is 1. The van der Waals surface area contributed by atoms with Gasteiger partial charge in [0.15, 0.2) is 0 Å². The molecule has 0 atom stereocenters. The second-order valence-electron chi connectivity index (χ2n) is 6.86. The Morgan fingerprint density at radius 3 is 2.50 bits per heavy atom. The van der Waals surface area contributed by atoms with Gasteiger partial charge in [-0.25, -0.2) is 0 Å². The molecule has 0 unspecified atom stereocenters. The minimum Gasteiger partial charge on any atom is -0.345 e. The van der Waals surface area contributed by atoms with Crippen molar-refractivity contribution >= 4 is 17.5 Å². The van der Waals surface area contributed by atoms with E-state index in [2.05, 4.69) is 48.0 Å². The van der Waals surface area contributed by atoms with Crippen molar-refractivity contribution in [3.05, 3.63) is 59.9 Å². The molecule has 0 spiro atoms. The van der Waals surface area contributed by atoms with Crippen LogP contribution in [0.2, 0.25) is 0 Å². The van der Waals surface area contributed by atoms with Crippen molar-refractivity contribution in [2.24, 2.45) is 5.41 Å². The van der Waals surface area contributed by atoms with Gasteiger partial charge in [-0.2, -0.15) is 0 Å². The van der Waals surface area contributed by atoms with Crippen LogP contribution in [-0.2, 0) is 17.9 Å². The van der Waals surface area contributed by atoms with Gasteiger partial charge in [-0.3, -0.25) is 4.79 Å². The summed E-state index contributed by atoms with van der Waals surface area (Å²) in [6.07, 6.45) is 3.01. The largest absolute Gasteiger partial charge is 0.345 e. The zero-order valence-corrected chi connectivity index (χ0v) is 15.6. The first-order valence-corrected chi connectivity index (χ1v) is 9.04. The number of benzene rings is 1. The molecular weight excluding hydrogens is 320 g/mol. The van der Waals surface area contributed by atoms with Gasteiger partial charge in [0.25, 0.3) is 0 Å². The summed E-state index contributed by atoms with van der Waals surface area (Å²) in [5.74, 6) is 0.448. The number of rotatable bonds is 8. The maximum Gasteiger partial charge on any atom is 0.229 e. The third-order valence-corrected chi connectivity index (χ3v) is 4.83. The van der Waals surface area contributed by atoms with Crippen LogP contribution in [0.5, 0.6) is 0 Å². The normalized spacial score (nSPS) is 11.5. The van der Waals surface area contributed by atoms with Gasteiger partial charge in [0.05, 0.1) is 12.0 Å². The Kier molecular flexibility index (Phi) is 6.50. The van der Waals surface area contributed by atoms with E-state index in [0.29, 0.717) is 12.4 Å². The number of hydrogen-bond donors (Lipinski definition) is 0. The number of alkyl halides is 1. The monoisotopic (exact) mass is 346 g/mol. The molecule has 0 aliphatic carbocycles. The summed E-state index contributed by atoms with van der Waals surface area (Å²) in [4.78, 5) is 14.7. The van der Waals surface area contributed by atoms with Crippen LogP contribution < -0.4 is 0 Å². The summed E-state index contributed by atoms with van der Waals surface area (Å²) in [5, 5.41) is 0. The first-order chi connectivity index (χ1) is 11.5. The summed E-state index contributed by atoms with van der Waals surface area (Å²) < 4.78 is 2.21. The predicted octanol–water partition coefficient (Wildman–Crippen LogP) is 4.54. The molecule has 0 radical (unpaired) electrons. The number of amides is 1. The van der Waals surface area contributed by atoms with Gasteiger partial charge in [-0.05, 0) is 38.0 Å². The van der Waals surface area contributed by atoms with Crippen LogP contribution in [0.1, 0.15) is 38.4 Å². The van der Waals surface area contributed by atoms with Crippen LogP contribution in [0.15, 0.2) is 48.7 Å². The van der Waals surface area contributed by atoms with Crippen LogP contribution >= 0.6 is 11.6 Å². The van der Waals surface area contributed by atoms with E-state index in [4.69, 9.17) is 11.6 Å². The molecule has 0 aliphatic rings. The van der Waals surface area contributed by atoms with Gasteiger partial charge in [-0.1, -0.05) is 37.3 Å². The van der Waals surface area contributed by atoms with Crippen molar-refractivity contribution in [2.75, 3.05) is 12.4 Å². The molecular formula is C20H27ClN2O. The molecule has 3 nitrogen and oxygen atoms in total. The third-order valence-electron chi connectivity index (χ3n) is 4.17. The highest BCUT2D eigenvalue weighted by Crippen LogP contribution is 2.22. The zero-order chi connectivity index (χ0) is 17.6. The smallest absolute Gasteiger partial charge is 0.229 e. The molecule has 0 bridgehead atoms. The van der Waals surface area contributed by atoms with E-state index in [0.717, 1.165) is 25.2 Å². The van der Waals surface area contributed by atoms with E-state index in [-0.39, 0.29) is 5.91 Å². The number of aromatic nitrogens is 1. The summed E-state index contributed by atoms with van der Waals surface area (Å²) in [5.41, 5.74) is 1.86. The highest BCUT2D eigenvalue weighted by molar-refractivity contribution is 6.19. The fraction of sp³-hybridized carbons (Fsp3) is 0.450. The van der Waals surface area contributed by atoms with Gasteiger partial charge in [0.2, 0.25) is 5.91 Å². The minimum atomic E-state index is -0.534. The first kappa shape index (κ1) is 18.6. The lowest BCUT2D eigenvalue weighted by atomic mass is 9.94. The number of halogens is 1. The van der Waals surface area contributed by atoms with Gasteiger partial charge in [-0.15, -0.1) is 11.6 Å². The van der Waals surface area contributed by atoms with Crippen molar-refractivity contribution in [1.29, 1.82) is 0 Å². The second-order valence-corrected chi connectivity index (χ2v) is 7.12. The fourth-order valence-electron chi connectivity index (χ4n) is 2.73. The molecule has 0 saturated carbocycles. The molecule has 1 amide bonds. The van der Waals surface area contributed by atoms with Gasteiger partial charge >= 0.3 is 0 Å². The topological polar surface area (TPSA) is 25.2 Å². The Balaban J connectivity index is 2.16. The average Bonchev–Trinajstić information content (AvgIpc) is 3.01. The van der Waals surface area contributed by atoms with Crippen LogP contribution in [0.25, 0.3) is 0 Å². The summed E-state index contributed by atoms with van der Waals surface area (Å²) >= 11 is 6.00. The van der Waals surface area contributed by atoms with E-state index < -0.39 is 5.41 Å². The maximum absolute atomic E-state index is 12.8. The Morgan fingerprint density at radius 2 is 1.88 bits per heavy atom. The molecule has 0 saturated heterocycles. The Morgan fingerprint density at radius 1 is 1.17 bits per heavy atom. The Hall–Kier alpha value is -1.74. The Labute approximate surface area is 150 Å². The van der Waals surface area contributed by atoms with E-state index >= 15 is 0 Å². The molecule has 2 aromatic rings. The highest BCUT2D eigenvalue weighted by atomic mass is 35.5. The SMILES string of the molecule is CCCN(Cc1cccn1Cc1ccccc1)C(=O)C(C)(C)CCl. The van der Waals surface area contributed by atoms with Crippen molar-refractivity contribution in [2.45, 2.75) is 40.3 Å². The lowest BCUT2D eigenvalue weighted by Gasteiger charge is -2.31. The first-order valence-electron chi connectivity index (χ1n) is 8.51. The summed E-state index contributed by atoms with van der Waals surface area (Å²) in [6, 6.07) is 14.5. The van der Waals surface area contributed by atoms with Crippen molar-refractivity contribution in [3.8, 4) is 0 Å². The minimum absolute atomic E-state index is 0.117. The van der Waals surface area contributed by atoms with Crippen LogP contribution in [0.3, 0.4) is 0 Å². The molecule has 0 N–H and O–H groups in total. The van der Waals surface area contributed by atoms with Crippen molar-refractivity contribution < 1.29 is 4.79 Å². The lowest BCUT2D eigenvalue weighted by molar-refractivity contribution is -0.140. The van der Waals surface area contributed by atoms with E-state index in [1.807, 2.05) is 30.9 Å². The predicted molar refractivity (Wildman–Crippen MR) is 100 cm³/mol. The maximum atomic E-state index is 12.8. The van der Waals surface area contributed by atoms with Crippen LogP contribution in [0, 0.1) is 5.41 Å². The second kappa shape index (κ2) is 8.39. The quantitative estimate of drug-likeness (QED) is 0.644.